The average Bonchev–Trinajstić information content (AvgIpc) is 2.48. The van der Waals surface area contributed by atoms with Crippen molar-refractivity contribution in [1.29, 1.82) is 0 Å². The largest absolute Gasteiger partial charge is 0.480 e. The lowest BCUT2D eigenvalue weighted by Crippen LogP contribution is -2.40. The van der Waals surface area contributed by atoms with Crippen LogP contribution in [0.25, 0.3) is 6.08 Å². The average molecular weight is 304 g/mol. The van der Waals surface area contributed by atoms with Gasteiger partial charge in [-0.3, -0.25) is 9.79 Å². The molecule has 1 rings (SSSR count). The highest BCUT2D eigenvalue weighted by Gasteiger charge is 2.18. The molecule has 22 heavy (non-hydrogen) atoms. The van der Waals surface area contributed by atoms with E-state index in [2.05, 4.69) is 10.3 Å². The van der Waals surface area contributed by atoms with E-state index in [-0.39, 0.29) is 12.4 Å². The summed E-state index contributed by atoms with van der Waals surface area (Å²) < 4.78 is 0. The summed E-state index contributed by atoms with van der Waals surface area (Å²) in [5, 5.41) is 11.5. The first kappa shape index (κ1) is 17.2. The van der Waals surface area contributed by atoms with E-state index >= 15 is 0 Å². The fourth-order valence-electron chi connectivity index (χ4n) is 1.72. The molecule has 0 bridgehead atoms. The first-order valence-electron chi connectivity index (χ1n) is 6.81. The molecule has 1 aromatic carbocycles. The van der Waals surface area contributed by atoms with Crippen LogP contribution in [-0.4, -0.2) is 35.5 Å². The minimum Gasteiger partial charge on any atom is -0.480 e. The van der Waals surface area contributed by atoms with Gasteiger partial charge in [0.15, 0.2) is 5.96 Å². The molecule has 0 aromatic heterocycles. The quantitative estimate of drug-likeness (QED) is 0.238. The minimum absolute atomic E-state index is 0.0401. The number of aliphatic carboxylic acids is 1. The molecule has 0 fully saturated rings. The van der Waals surface area contributed by atoms with Gasteiger partial charge in [0.25, 0.3) is 0 Å². The maximum absolute atomic E-state index is 11.7. The van der Waals surface area contributed by atoms with Crippen LogP contribution in [0.15, 0.2) is 41.4 Å². The molecule has 0 aliphatic rings. The monoisotopic (exact) mass is 304 g/mol. The van der Waals surface area contributed by atoms with Crippen molar-refractivity contribution in [2.24, 2.45) is 16.5 Å². The molecular weight excluding hydrogens is 284 g/mol. The number of aliphatic imine (C=N–C) groups is 1. The van der Waals surface area contributed by atoms with Gasteiger partial charge >= 0.3 is 5.97 Å². The van der Waals surface area contributed by atoms with Gasteiger partial charge in [0.2, 0.25) is 5.91 Å². The third-order valence-electron chi connectivity index (χ3n) is 2.79. The van der Waals surface area contributed by atoms with Crippen LogP contribution >= 0.6 is 0 Å². The zero-order valence-electron chi connectivity index (χ0n) is 12.1. The van der Waals surface area contributed by atoms with Crippen LogP contribution in [0.4, 0.5) is 0 Å². The molecule has 6 N–H and O–H groups in total. The van der Waals surface area contributed by atoms with E-state index in [9.17, 15) is 9.59 Å². The third kappa shape index (κ3) is 7.09. The van der Waals surface area contributed by atoms with Gasteiger partial charge in [-0.15, -0.1) is 0 Å². The molecule has 0 aliphatic heterocycles. The van der Waals surface area contributed by atoms with Gasteiger partial charge in [-0.25, -0.2) is 4.79 Å². The maximum atomic E-state index is 11.7. The van der Waals surface area contributed by atoms with Gasteiger partial charge in [0.1, 0.15) is 6.04 Å². The number of carbonyl (C=O) groups excluding carboxylic acids is 1. The predicted octanol–water partition coefficient (Wildman–Crippen LogP) is 0.323. The maximum Gasteiger partial charge on any atom is 0.326 e. The highest BCUT2D eigenvalue weighted by atomic mass is 16.4. The molecule has 0 saturated carbocycles. The Morgan fingerprint density at radius 3 is 2.55 bits per heavy atom. The summed E-state index contributed by atoms with van der Waals surface area (Å²) in [5.41, 5.74) is 11.2. The molecule has 0 saturated heterocycles. The number of carboxylic acids is 1. The topological polar surface area (TPSA) is 131 Å². The molecule has 0 aliphatic carbocycles. The number of amides is 1. The number of hydrogen-bond donors (Lipinski definition) is 4. The van der Waals surface area contributed by atoms with Crippen molar-refractivity contribution in [1.82, 2.24) is 5.32 Å². The number of nitrogens with zero attached hydrogens (tertiary/aromatic N) is 1. The van der Waals surface area contributed by atoms with Crippen molar-refractivity contribution in [3.63, 3.8) is 0 Å². The Labute approximate surface area is 128 Å². The van der Waals surface area contributed by atoms with Crippen LogP contribution in [0.3, 0.4) is 0 Å². The van der Waals surface area contributed by atoms with Crippen LogP contribution in [0.5, 0.6) is 0 Å². The van der Waals surface area contributed by atoms with Crippen LogP contribution in [0.1, 0.15) is 18.4 Å². The van der Waals surface area contributed by atoms with Crippen molar-refractivity contribution >= 4 is 23.9 Å². The third-order valence-corrected chi connectivity index (χ3v) is 2.79. The molecule has 0 unspecified atom stereocenters. The van der Waals surface area contributed by atoms with Gasteiger partial charge in [-0.05, 0) is 24.5 Å². The van der Waals surface area contributed by atoms with Crippen LogP contribution in [0.2, 0.25) is 0 Å². The highest BCUT2D eigenvalue weighted by molar-refractivity contribution is 5.94. The lowest BCUT2D eigenvalue weighted by atomic mass is 10.1. The number of nitrogens with one attached hydrogen (secondary N) is 1. The number of hydrogen-bond acceptors (Lipinski definition) is 3. The Balaban J connectivity index is 2.48. The lowest BCUT2D eigenvalue weighted by Gasteiger charge is -2.12. The standard InChI is InChI=1S/C15H20N4O3/c16-15(17)18-10-4-7-12(14(21)22)19-13(20)9-8-11-5-2-1-3-6-11/h1-3,5-6,8-9,12H,4,7,10H2,(H,19,20)(H,21,22)(H4,16,17,18)/t12-/m0/s1. The van der Waals surface area contributed by atoms with Gasteiger partial charge in [-0.2, -0.15) is 0 Å². The Hall–Kier alpha value is -2.83. The number of guanidine groups is 1. The SMILES string of the molecule is NC(N)=NCCC[C@H](NC(=O)C=Cc1ccccc1)C(=O)O. The van der Waals surface area contributed by atoms with Crippen molar-refractivity contribution in [3.8, 4) is 0 Å². The fraction of sp³-hybridized carbons (Fsp3) is 0.267. The Morgan fingerprint density at radius 2 is 1.95 bits per heavy atom. The second kappa shape index (κ2) is 9.17. The summed E-state index contributed by atoms with van der Waals surface area (Å²) in [6.07, 6.45) is 3.63. The van der Waals surface area contributed by atoms with Gasteiger partial charge in [0.05, 0.1) is 0 Å². The summed E-state index contributed by atoms with van der Waals surface area (Å²) in [4.78, 5) is 26.6. The first-order valence-corrected chi connectivity index (χ1v) is 6.81. The fourth-order valence-corrected chi connectivity index (χ4v) is 1.72. The van der Waals surface area contributed by atoms with E-state index in [1.807, 2.05) is 30.3 Å². The number of carbonyl (C=O) groups is 2. The summed E-state index contributed by atoms with van der Waals surface area (Å²) in [5.74, 6) is -1.59. The van der Waals surface area contributed by atoms with Crippen LogP contribution < -0.4 is 16.8 Å². The molecule has 0 heterocycles. The second-order valence-electron chi connectivity index (χ2n) is 4.59. The molecular formula is C15H20N4O3. The van der Waals surface area contributed by atoms with E-state index in [0.29, 0.717) is 13.0 Å². The van der Waals surface area contributed by atoms with E-state index in [0.717, 1.165) is 5.56 Å². The van der Waals surface area contributed by atoms with Gasteiger partial charge in [0, 0.05) is 12.6 Å². The smallest absolute Gasteiger partial charge is 0.326 e. The Morgan fingerprint density at radius 1 is 1.27 bits per heavy atom. The zero-order valence-corrected chi connectivity index (χ0v) is 12.1. The number of carboxylic acid groups (broad SMARTS) is 1. The summed E-state index contributed by atoms with van der Waals surface area (Å²) >= 11 is 0. The van der Waals surface area contributed by atoms with Gasteiger partial charge in [-0.1, -0.05) is 30.3 Å². The highest BCUT2D eigenvalue weighted by Crippen LogP contribution is 2.02. The van der Waals surface area contributed by atoms with E-state index in [1.165, 1.54) is 6.08 Å². The molecule has 7 heteroatoms. The number of rotatable bonds is 8. The van der Waals surface area contributed by atoms with Crippen LogP contribution in [-0.2, 0) is 9.59 Å². The predicted molar refractivity (Wildman–Crippen MR) is 85.0 cm³/mol. The molecule has 1 amide bonds. The number of nitrogens with two attached hydrogens (primary N) is 2. The summed E-state index contributed by atoms with van der Waals surface area (Å²) in [6, 6.07) is 8.28. The van der Waals surface area contributed by atoms with Crippen molar-refractivity contribution in [3.05, 3.63) is 42.0 Å². The molecule has 1 atom stereocenters. The molecule has 1 aromatic rings. The Kier molecular flexibility index (Phi) is 7.18. The van der Waals surface area contributed by atoms with E-state index < -0.39 is 17.9 Å². The van der Waals surface area contributed by atoms with E-state index in [4.69, 9.17) is 16.6 Å². The minimum atomic E-state index is -1.09. The second-order valence-corrected chi connectivity index (χ2v) is 4.59. The van der Waals surface area contributed by atoms with Crippen molar-refractivity contribution < 1.29 is 14.7 Å². The lowest BCUT2D eigenvalue weighted by molar-refractivity contribution is -0.141. The molecule has 7 nitrogen and oxygen atoms in total. The van der Waals surface area contributed by atoms with Crippen molar-refractivity contribution in [2.75, 3.05) is 6.54 Å². The van der Waals surface area contributed by atoms with E-state index in [1.54, 1.807) is 6.08 Å². The normalized spacial score (nSPS) is 11.8. The summed E-state index contributed by atoms with van der Waals surface area (Å²) in [7, 11) is 0. The Bertz CT molecular complexity index is 551. The molecule has 0 radical (unpaired) electrons. The molecule has 0 spiro atoms. The van der Waals surface area contributed by atoms with Crippen molar-refractivity contribution in [2.45, 2.75) is 18.9 Å². The zero-order chi connectivity index (χ0) is 16.4. The number of benzene rings is 1. The molecule has 118 valence electrons. The van der Waals surface area contributed by atoms with Gasteiger partial charge < -0.3 is 21.9 Å². The first-order chi connectivity index (χ1) is 10.5. The summed E-state index contributed by atoms with van der Waals surface area (Å²) in [6.45, 7) is 0.321. The van der Waals surface area contributed by atoms with Crippen LogP contribution in [0, 0.1) is 0 Å².